The van der Waals surface area contributed by atoms with Gasteiger partial charge in [0.05, 0.1) is 26.4 Å². The van der Waals surface area contributed by atoms with Gasteiger partial charge in [0, 0.05) is 0 Å². The number of aliphatic hydroxyl groups excluding tert-OH is 1. The molecule has 1 aliphatic heterocycles. The maximum absolute atomic E-state index is 12.3. The first kappa shape index (κ1) is 13.3. The average molecular weight is 256 g/mol. The number of rotatable bonds is 5. The molecular formula is C12H20N2O4. The van der Waals surface area contributed by atoms with Crippen molar-refractivity contribution < 1.29 is 19.4 Å². The SMILES string of the molecule is O=C1NC2(CCCCC2)C(=O)N1CCOCCO. The van der Waals surface area contributed by atoms with Crippen LogP contribution in [0.5, 0.6) is 0 Å². The van der Waals surface area contributed by atoms with Crippen LogP contribution in [0.15, 0.2) is 0 Å². The second-order valence-electron chi connectivity index (χ2n) is 4.87. The predicted molar refractivity (Wildman–Crippen MR) is 64.0 cm³/mol. The highest BCUT2D eigenvalue weighted by atomic mass is 16.5. The summed E-state index contributed by atoms with van der Waals surface area (Å²) in [5.41, 5.74) is -0.647. The maximum atomic E-state index is 12.3. The molecule has 1 spiro atoms. The van der Waals surface area contributed by atoms with E-state index in [9.17, 15) is 9.59 Å². The van der Waals surface area contributed by atoms with Crippen LogP contribution in [-0.2, 0) is 9.53 Å². The number of amides is 3. The Balaban J connectivity index is 1.92. The molecule has 1 heterocycles. The van der Waals surface area contributed by atoms with Crippen LogP contribution in [0.3, 0.4) is 0 Å². The van der Waals surface area contributed by atoms with Crippen LogP contribution in [0, 0.1) is 0 Å². The molecule has 3 amide bonds. The van der Waals surface area contributed by atoms with Crippen LogP contribution >= 0.6 is 0 Å². The van der Waals surface area contributed by atoms with E-state index in [0.717, 1.165) is 32.1 Å². The molecule has 1 saturated carbocycles. The number of hydrogen-bond donors (Lipinski definition) is 2. The smallest absolute Gasteiger partial charge is 0.325 e. The van der Waals surface area contributed by atoms with Crippen LogP contribution in [0.1, 0.15) is 32.1 Å². The van der Waals surface area contributed by atoms with Crippen molar-refractivity contribution >= 4 is 11.9 Å². The number of nitrogens with zero attached hydrogens (tertiary/aromatic N) is 1. The zero-order valence-electron chi connectivity index (χ0n) is 10.5. The molecule has 1 aliphatic carbocycles. The van der Waals surface area contributed by atoms with Gasteiger partial charge in [-0.3, -0.25) is 9.69 Å². The number of carbonyl (C=O) groups excluding carboxylic acids is 2. The van der Waals surface area contributed by atoms with Gasteiger partial charge in [0.1, 0.15) is 5.54 Å². The van der Waals surface area contributed by atoms with E-state index < -0.39 is 5.54 Å². The summed E-state index contributed by atoms with van der Waals surface area (Å²) in [7, 11) is 0. The molecule has 18 heavy (non-hydrogen) atoms. The molecule has 2 N–H and O–H groups in total. The first-order valence-electron chi connectivity index (χ1n) is 6.52. The molecule has 2 rings (SSSR count). The first-order valence-corrected chi connectivity index (χ1v) is 6.52. The summed E-state index contributed by atoms with van der Waals surface area (Å²) in [6.07, 6.45) is 4.59. The normalized spacial score (nSPS) is 22.6. The Morgan fingerprint density at radius 1 is 1.22 bits per heavy atom. The zero-order valence-corrected chi connectivity index (χ0v) is 10.5. The Bertz CT molecular complexity index is 326. The van der Waals surface area contributed by atoms with E-state index >= 15 is 0 Å². The Hall–Kier alpha value is -1.14. The summed E-state index contributed by atoms with van der Waals surface area (Å²) in [5.74, 6) is -0.111. The number of carbonyl (C=O) groups is 2. The third kappa shape index (κ3) is 2.49. The highest BCUT2D eigenvalue weighted by Gasteiger charge is 2.50. The van der Waals surface area contributed by atoms with Gasteiger partial charge in [-0.05, 0) is 12.8 Å². The van der Waals surface area contributed by atoms with Gasteiger partial charge in [0.15, 0.2) is 0 Å². The Morgan fingerprint density at radius 2 is 1.94 bits per heavy atom. The molecule has 0 unspecified atom stereocenters. The molecular weight excluding hydrogens is 236 g/mol. The van der Waals surface area contributed by atoms with E-state index in [4.69, 9.17) is 9.84 Å². The molecule has 2 aliphatic rings. The fourth-order valence-electron chi connectivity index (χ4n) is 2.70. The lowest BCUT2D eigenvalue weighted by Crippen LogP contribution is -2.48. The van der Waals surface area contributed by atoms with Gasteiger partial charge in [-0.1, -0.05) is 19.3 Å². The lowest BCUT2D eigenvalue weighted by atomic mass is 9.82. The van der Waals surface area contributed by atoms with E-state index in [0.29, 0.717) is 0 Å². The van der Waals surface area contributed by atoms with Crippen LogP contribution < -0.4 is 5.32 Å². The lowest BCUT2D eigenvalue weighted by molar-refractivity contribution is -0.132. The summed E-state index contributed by atoms with van der Waals surface area (Å²) >= 11 is 0. The van der Waals surface area contributed by atoms with Crippen molar-refractivity contribution in [1.29, 1.82) is 0 Å². The van der Waals surface area contributed by atoms with E-state index in [1.165, 1.54) is 4.90 Å². The van der Waals surface area contributed by atoms with Gasteiger partial charge < -0.3 is 15.2 Å². The van der Waals surface area contributed by atoms with Crippen molar-refractivity contribution in [3.8, 4) is 0 Å². The van der Waals surface area contributed by atoms with Crippen LogP contribution in [-0.4, -0.2) is 53.8 Å². The zero-order chi connectivity index (χ0) is 13.0. The number of nitrogens with one attached hydrogen (secondary N) is 1. The molecule has 102 valence electrons. The highest BCUT2D eigenvalue weighted by Crippen LogP contribution is 2.33. The summed E-state index contributed by atoms with van der Waals surface area (Å²) < 4.78 is 5.09. The fraction of sp³-hybridized carbons (Fsp3) is 0.833. The van der Waals surface area contributed by atoms with Gasteiger partial charge in [-0.15, -0.1) is 0 Å². The molecule has 0 aromatic carbocycles. The molecule has 0 aromatic heterocycles. The van der Waals surface area contributed by atoms with Crippen LogP contribution in [0.25, 0.3) is 0 Å². The highest BCUT2D eigenvalue weighted by molar-refractivity contribution is 6.07. The van der Waals surface area contributed by atoms with Crippen molar-refractivity contribution in [3.05, 3.63) is 0 Å². The van der Waals surface area contributed by atoms with Gasteiger partial charge in [0.25, 0.3) is 5.91 Å². The van der Waals surface area contributed by atoms with E-state index in [1.807, 2.05) is 0 Å². The number of urea groups is 1. The maximum Gasteiger partial charge on any atom is 0.325 e. The number of aliphatic hydroxyl groups is 1. The Kier molecular flexibility index (Phi) is 4.19. The molecule has 0 aromatic rings. The summed E-state index contributed by atoms with van der Waals surface area (Å²) in [6.45, 7) is 0.709. The molecule has 6 heteroatoms. The lowest BCUT2D eigenvalue weighted by Gasteiger charge is -2.30. The molecule has 2 fully saturated rings. The van der Waals surface area contributed by atoms with Gasteiger partial charge in [-0.25, -0.2) is 4.79 Å². The van der Waals surface area contributed by atoms with Crippen molar-refractivity contribution in [2.75, 3.05) is 26.4 Å². The van der Waals surface area contributed by atoms with Crippen molar-refractivity contribution in [1.82, 2.24) is 10.2 Å². The van der Waals surface area contributed by atoms with Crippen LogP contribution in [0.2, 0.25) is 0 Å². The van der Waals surface area contributed by atoms with E-state index in [2.05, 4.69) is 5.32 Å². The van der Waals surface area contributed by atoms with Crippen LogP contribution in [0.4, 0.5) is 4.79 Å². The van der Waals surface area contributed by atoms with Crippen molar-refractivity contribution in [3.63, 3.8) is 0 Å². The van der Waals surface area contributed by atoms with E-state index in [1.54, 1.807) is 0 Å². The third-order valence-corrected chi connectivity index (χ3v) is 3.65. The predicted octanol–water partition coefficient (Wildman–Crippen LogP) is 0.250. The Labute approximate surface area is 106 Å². The molecule has 0 radical (unpaired) electrons. The quantitative estimate of drug-likeness (QED) is 0.546. The monoisotopic (exact) mass is 256 g/mol. The topological polar surface area (TPSA) is 78.9 Å². The van der Waals surface area contributed by atoms with Gasteiger partial charge in [-0.2, -0.15) is 0 Å². The Morgan fingerprint density at radius 3 is 2.61 bits per heavy atom. The minimum atomic E-state index is -0.647. The summed E-state index contributed by atoms with van der Waals surface area (Å²) in [4.78, 5) is 25.3. The molecule has 0 atom stereocenters. The fourth-order valence-corrected chi connectivity index (χ4v) is 2.70. The largest absolute Gasteiger partial charge is 0.394 e. The summed E-state index contributed by atoms with van der Waals surface area (Å²) in [5, 5.41) is 11.4. The minimum Gasteiger partial charge on any atom is -0.394 e. The number of ether oxygens (including phenoxy) is 1. The third-order valence-electron chi connectivity index (χ3n) is 3.65. The standard InChI is InChI=1S/C12H20N2O4/c15-7-9-18-8-6-14-10(16)12(13-11(14)17)4-2-1-3-5-12/h15H,1-9H2,(H,13,17). The van der Waals surface area contributed by atoms with Crippen molar-refractivity contribution in [2.45, 2.75) is 37.6 Å². The molecule has 0 bridgehead atoms. The first-order chi connectivity index (χ1) is 8.69. The second kappa shape index (κ2) is 5.67. The van der Waals surface area contributed by atoms with Gasteiger partial charge in [0.2, 0.25) is 0 Å². The number of imide groups is 1. The second-order valence-corrected chi connectivity index (χ2v) is 4.87. The number of hydrogen-bond acceptors (Lipinski definition) is 4. The van der Waals surface area contributed by atoms with Gasteiger partial charge >= 0.3 is 6.03 Å². The molecule has 6 nitrogen and oxygen atoms in total. The minimum absolute atomic E-state index is 0.0515. The molecule has 1 saturated heterocycles. The van der Waals surface area contributed by atoms with Crippen molar-refractivity contribution in [2.24, 2.45) is 0 Å². The average Bonchev–Trinajstić information content (AvgIpc) is 2.59. The van der Waals surface area contributed by atoms with E-state index in [-0.39, 0.29) is 38.3 Å². The summed E-state index contributed by atoms with van der Waals surface area (Å²) in [6, 6.07) is -0.311.